The lowest BCUT2D eigenvalue weighted by Crippen LogP contribution is -2.27. The molecule has 2 aromatic carbocycles. The zero-order chi connectivity index (χ0) is 18.5. The Balaban J connectivity index is 1.74. The molecule has 6 nitrogen and oxygen atoms in total. The van der Waals surface area contributed by atoms with E-state index < -0.39 is 0 Å². The lowest BCUT2D eigenvalue weighted by molar-refractivity contribution is -0.121. The van der Waals surface area contributed by atoms with E-state index in [4.69, 9.17) is 17.0 Å². The maximum Gasteiger partial charge on any atom is 0.240 e. The van der Waals surface area contributed by atoms with Crippen LogP contribution >= 0.6 is 12.2 Å². The fourth-order valence-corrected chi connectivity index (χ4v) is 2.91. The highest BCUT2D eigenvalue weighted by Gasteiger charge is 2.13. The van der Waals surface area contributed by atoms with Crippen LogP contribution in [0.1, 0.15) is 11.1 Å². The van der Waals surface area contributed by atoms with Crippen LogP contribution in [-0.2, 0) is 17.9 Å². The summed E-state index contributed by atoms with van der Waals surface area (Å²) in [5, 5.41) is 9.94. The molecule has 0 aliphatic rings. The number of aromatic nitrogens is 3. The number of methoxy groups -OCH3 is 1. The minimum absolute atomic E-state index is 0.0910. The number of aryl methyl sites for hydroxylation is 1. The summed E-state index contributed by atoms with van der Waals surface area (Å²) in [5.74, 6) is 1.24. The first-order valence-electron chi connectivity index (χ1n) is 8.19. The number of nitrogens with zero attached hydrogens (tertiary/aromatic N) is 2. The third-order valence-electron chi connectivity index (χ3n) is 4.00. The van der Waals surface area contributed by atoms with Crippen LogP contribution in [0.2, 0.25) is 0 Å². The van der Waals surface area contributed by atoms with Gasteiger partial charge in [0.25, 0.3) is 0 Å². The Kier molecular flexibility index (Phi) is 5.48. The molecule has 2 N–H and O–H groups in total. The van der Waals surface area contributed by atoms with Gasteiger partial charge >= 0.3 is 0 Å². The van der Waals surface area contributed by atoms with Gasteiger partial charge in [0.05, 0.1) is 7.11 Å². The Labute approximate surface area is 156 Å². The Morgan fingerprint density at radius 1 is 1.27 bits per heavy atom. The second kappa shape index (κ2) is 7.97. The van der Waals surface area contributed by atoms with Gasteiger partial charge in [0.15, 0.2) is 10.6 Å². The standard InChI is InChI=1S/C19H20N4O2S/c1-13-6-5-8-14(10-13)18-21-22-19(26)23(18)12-17(24)20-11-15-7-3-4-9-16(15)25-2/h3-10H,11-12H2,1-2H3,(H,20,24)(H,22,26). The molecule has 0 spiro atoms. The molecule has 1 heterocycles. The summed E-state index contributed by atoms with van der Waals surface area (Å²) in [6.45, 7) is 2.48. The molecule has 0 unspecified atom stereocenters. The molecule has 0 bridgehead atoms. The Hall–Kier alpha value is -2.93. The molecule has 1 aromatic heterocycles. The van der Waals surface area contributed by atoms with Gasteiger partial charge in [-0.1, -0.05) is 42.0 Å². The molecular formula is C19H20N4O2S. The van der Waals surface area contributed by atoms with Crippen molar-refractivity contribution in [2.24, 2.45) is 0 Å². The number of benzene rings is 2. The van der Waals surface area contributed by atoms with Gasteiger partial charge in [-0.15, -0.1) is 0 Å². The highest BCUT2D eigenvalue weighted by Crippen LogP contribution is 2.19. The number of nitrogens with one attached hydrogen (secondary N) is 2. The van der Waals surface area contributed by atoms with Crippen LogP contribution in [0.15, 0.2) is 48.5 Å². The molecule has 0 radical (unpaired) electrons. The van der Waals surface area contributed by atoms with Crippen LogP contribution in [0.4, 0.5) is 0 Å². The van der Waals surface area contributed by atoms with Crippen molar-refractivity contribution in [2.45, 2.75) is 20.0 Å². The molecule has 0 aliphatic carbocycles. The van der Waals surface area contributed by atoms with Crippen molar-refractivity contribution in [1.29, 1.82) is 0 Å². The van der Waals surface area contributed by atoms with Crippen LogP contribution in [0.25, 0.3) is 11.4 Å². The SMILES string of the molecule is COc1ccccc1CNC(=O)Cn1c(-c2cccc(C)c2)n[nH]c1=S. The monoisotopic (exact) mass is 368 g/mol. The number of rotatable bonds is 6. The maximum atomic E-state index is 12.4. The third-order valence-corrected chi connectivity index (χ3v) is 4.32. The fraction of sp³-hybridized carbons (Fsp3) is 0.211. The van der Waals surface area contributed by atoms with E-state index in [1.165, 1.54) is 0 Å². The van der Waals surface area contributed by atoms with Gasteiger partial charge in [0.1, 0.15) is 12.3 Å². The van der Waals surface area contributed by atoms with Gasteiger partial charge in [0.2, 0.25) is 5.91 Å². The first-order chi connectivity index (χ1) is 12.6. The average molecular weight is 368 g/mol. The Morgan fingerprint density at radius 2 is 2.08 bits per heavy atom. The molecule has 3 rings (SSSR count). The van der Waals surface area contributed by atoms with Gasteiger partial charge in [-0.25, -0.2) is 0 Å². The molecule has 26 heavy (non-hydrogen) atoms. The lowest BCUT2D eigenvalue weighted by Gasteiger charge is -2.11. The van der Waals surface area contributed by atoms with E-state index in [-0.39, 0.29) is 12.5 Å². The van der Waals surface area contributed by atoms with Gasteiger partial charge in [-0.3, -0.25) is 14.5 Å². The van der Waals surface area contributed by atoms with E-state index in [1.807, 2.05) is 55.5 Å². The summed E-state index contributed by atoms with van der Waals surface area (Å²) in [4.78, 5) is 12.4. The number of ether oxygens (including phenoxy) is 1. The van der Waals surface area contributed by atoms with Crippen molar-refractivity contribution in [3.05, 3.63) is 64.4 Å². The molecule has 134 valence electrons. The van der Waals surface area contributed by atoms with Gasteiger partial charge < -0.3 is 10.1 Å². The molecule has 1 amide bonds. The second-order valence-electron chi connectivity index (χ2n) is 5.90. The Morgan fingerprint density at radius 3 is 2.85 bits per heavy atom. The van der Waals surface area contributed by atoms with Crippen LogP contribution in [0.5, 0.6) is 5.75 Å². The number of aromatic amines is 1. The van der Waals surface area contributed by atoms with Gasteiger partial charge in [0, 0.05) is 17.7 Å². The topological polar surface area (TPSA) is 71.9 Å². The van der Waals surface area contributed by atoms with Gasteiger partial charge in [-0.2, -0.15) is 5.10 Å². The van der Waals surface area contributed by atoms with E-state index >= 15 is 0 Å². The van der Waals surface area contributed by atoms with Crippen molar-refractivity contribution in [2.75, 3.05) is 7.11 Å². The number of H-pyrrole nitrogens is 1. The van der Waals surface area contributed by atoms with Crippen LogP contribution in [0.3, 0.4) is 0 Å². The highest BCUT2D eigenvalue weighted by atomic mass is 32.1. The number of amides is 1. The first kappa shape index (κ1) is 17.9. The summed E-state index contributed by atoms with van der Waals surface area (Å²) in [7, 11) is 1.61. The van der Waals surface area contributed by atoms with Crippen LogP contribution < -0.4 is 10.1 Å². The lowest BCUT2D eigenvalue weighted by atomic mass is 10.1. The number of para-hydroxylation sites is 1. The minimum atomic E-state index is -0.151. The largest absolute Gasteiger partial charge is 0.496 e. The molecular weight excluding hydrogens is 348 g/mol. The summed E-state index contributed by atoms with van der Waals surface area (Å²) in [5.41, 5.74) is 2.94. The summed E-state index contributed by atoms with van der Waals surface area (Å²) in [6, 6.07) is 15.5. The van der Waals surface area contributed by atoms with E-state index in [1.54, 1.807) is 11.7 Å². The van der Waals surface area contributed by atoms with E-state index in [0.29, 0.717) is 17.1 Å². The minimum Gasteiger partial charge on any atom is -0.496 e. The molecule has 0 fully saturated rings. The van der Waals surface area contributed by atoms with E-state index in [9.17, 15) is 4.79 Å². The van der Waals surface area contributed by atoms with Crippen LogP contribution in [0, 0.1) is 11.7 Å². The normalized spacial score (nSPS) is 10.5. The molecule has 0 aliphatic heterocycles. The molecule has 3 aromatic rings. The predicted molar refractivity (Wildman–Crippen MR) is 102 cm³/mol. The zero-order valence-electron chi connectivity index (χ0n) is 14.7. The quantitative estimate of drug-likeness (QED) is 0.655. The smallest absolute Gasteiger partial charge is 0.240 e. The maximum absolute atomic E-state index is 12.4. The molecule has 0 atom stereocenters. The summed E-state index contributed by atoms with van der Waals surface area (Å²) in [6.07, 6.45) is 0. The second-order valence-corrected chi connectivity index (χ2v) is 6.28. The summed E-state index contributed by atoms with van der Waals surface area (Å²) < 4.78 is 7.41. The van der Waals surface area contributed by atoms with Crippen LogP contribution in [-0.4, -0.2) is 27.8 Å². The van der Waals surface area contributed by atoms with E-state index in [2.05, 4.69) is 15.5 Å². The van der Waals surface area contributed by atoms with Gasteiger partial charge in [-0.05, 0) is 31.3 Å². The van der Waals surface area contributed by atoms with Crippen molar-refractivity contribution in [3.8, 4) is 17.1 Å². The Bertz CT molecular complexity index is 977. The number of carbonyl (C=O) groups is 1. The zero-order valence-corrected chi connectivity index (χ0v) is 15.5. The molecule has 0 saturated carbocycles. The third kappa shape index (κ3) is 4.00. The number of hydrogen-bond acceptors (Lipinski definition) is 4. The van der Waals surface area contributed by atoms with Crippen molar-refractivity contribution in [1.82, 2.24) is 20.1 Å². The van der Waals surface area contributed by atoms with Crippen molar-refractivity contribution >= 4 is 18.1 Å². The highest BCUT2D eigenvalue weighted by molar-refractivity contribution is 7.71. The van der Waals surface area contributed by atoms with Crippen molar-refractivity contribution in [3.63, 3.8) is 0 Å². The molecule has 0 saturated heterocycles. The first-order valence-corrected chi connectivity index (χ1v) is 8.60. The summed E-state index contributed by atoms with van der Waals surface area (Å²) >= 11 is 5.29. The molecule has 7 heteroatoms. The fourth-order valence-electron chi connectivity index (χ4n) is 2.71. The van der Waals surface area contributed by atoms with Crippen molar-refractivity contribution < 1.29 is 9.53 Å². The predicted octanol–water partition coefficient (Wildman–Crippen LogP) is 3.24. The number of hydrogen-bond donors (Lipinski definition) is 2. The average Bonchev–Trinajstić information content (AvgIpc) is 3.00. The number of carbonyl (C=O) groups excluding carboxylic acids is 1. The van der Waals surface area contributed by atoms with E-state index in [0.717, 1.165) is 22.4 Å².